The van der Waals surface area contributed by atoms with Crippen molar-refractivity contribution >= 4 is 26.5 Å². The first-order valence-electron chi connectivity index (χ1n) is 8.51. The van der Waals surface area contributed by atoms with Crippen LogP contribution in [0.15, 0.2) is 47.4 Å². The number of aromatic nitrogens is 2. The van der Waals surface area contributed by atoms with Gasteiger partial charge in [-0.05, 0) is 42.0 Å². The van der Waals surface area contributed by atoms with Crippen LogP contribution in [0.3, 0.4) is 0 Å². The molecule has 1 N–H and O–H groups in total. The third kappa shape index (κ3) is 5.98. The normalized spacial score (nSPS) is 11.8. The van der Waals surface area contributed by atoms with Crippen molar-refractivity contribution in [3.63, 3.8) is 0 Å². The van der Waals surface area contributed by atoms with Gasteiger partial charge >= 0.3 is 6.36 Å². The second kappa shape index (κ2) is 8.98. The smallest absolute Gasteiger partial charge is 0.493 e. The summed E-state index contributed by atoms with van der Waals surface area (Å²) in [4.78, 5) is -0.251. The van der Waals surface area contributed by atoms with Crippen LogP contribution >= 0.6 is 11.3 Å². The van der Waals surface area contributed by atoms with Crippen molar-refractivity contribution in [1.82, 2.24) is 10.2 Å². The van der Waals surface area contributed by atoms with Crippen LogP contribution in [-0.4, -0.2) is 39.2 Å². The molecule has 8 nitrogen and oxygen atoms in total. The van der Waals surface area contributed by atoms with Crippen LogP contribution in [0.5, 0.6) is 17.2 Å². The van der Waals surface area contributed by atoms with Gasteiger partial charge in [0.25, 0.3) is 10.0 Å². The number of methoxy groups -OCH3 is 2. The van der Waals surface area contributed by atoms with Crippen molar-refractivity contribution in [3.05, 3.63) is 53.0 Å². The zero-order valence-electron chi connectivity index (χ0n) is 16.1. The average Bonchev–Trinajstić information content (AvgIpc) is 3.13. The average molecular weight is 475 g/mol. The highest BCUT2D eigenvalue weighted by Crippen LogP contribution is 2.30. The minimum atomic E-state index is -4.87. The van der Waals surface area contributed by atoms with Gasteiger partial charge in [0.15, 0.2) is 11.5 Å². The molecule has 31 heavy (non-hydrogen) atoms. The SMILES string of the molecule is COc1ccc(Cc2nnc(NS(=O)(=O)c3ccc(OC(F)(F)F)cc3)s2)cc1OC. The van der Waals surface area contributed by atoms with Gasteiger partial charge in [-0.1, -0.05) is 17.4 Å². The van der Waals surface area contributed by atoms with E-state index in [4.69, 9.17) is 9.47 Å². The maximum Gasteiger partial charge on any atom is 0.573 e. The molecular formula is C18H16F3N3O5S2. The van der Waals surface area contributed by atoms with Gasteiger partial charge in [-0.25, -0.2) is 8.42 Å². The quantitative estimate of drug-likeness (QED) is 0.528. The molecule has 0 spiro atoms. The molecular weight excluding hydrogens is 459 g/mol. The summed E-state index contributed by atoms with van der Waals surface area (Å²) < 4.78 is 78.0. The lowest BCUT2D eigenvalue weighted by Gasteiger charge is -2.09. The van der Waals surface area contributed by atoms with E-state index in [9.17, 15) is 21.6 Å². The van der Waals surface area contributed by atoms with Gasteiger partial charge in [-0.2, -0.15) is 0 Å². The summed E-state index contributed by atoms with van der Waals surface area (Å²) in [6.45, 7) is 0. The van der Waals surface area contributed by atoms with Crippen LogP contribution < -0.4 is 18.9 Å². The number of nitrogens with zero attached hydrogens (tertiary/aromatic N) is 2. The lowest BCUT2D eigenvalue weighted by molar-refractivity contribution is -0.274. The molecule has 0 radical (unpaired) electrons. The molecule has 0 aliphatic carbocycles. The molecule has 0 amide bonds. The van der Waals surface area contributed by atoms with Gasteiger partial charge in [-0.3, -0.25) is 4.72 Å². The summed E-state index contributed by atoms with van der Waals surface area (Å²) in [6.07, 6.45) is -4.49. The Morgan fingerprint density at radius 1 is 1.00 bits per heavy atom. The third-order valence-electron chi connectivity index (χ3n) is 3.86. The molecule has 0 atom stereocenters. The van der Waals surface area contributed by atoms with Crippen LogP contribution in [0.2, 0.25) is 0 Å². The van der Waals surface area contributed by atoms with Crippen molar-refractivity contribution in [2.75, 3.05) is 18.9 Å². The molecule has 0 saturated heterocycles. The lowest BCUT2D eigenvalue weighted by atomic mass is 10.1. The number of hydrogen-bond acceptors (Lipinski definition) is 8. The number of sulfonamides is 1. The van der Waals surface area contributed by atoms with Crippen molar-refractivity contribution in [2.24, 2.45) is 0 Å². The van der Waals surface area contributed by atoms with Gasteiger partial charge in [0.1, 0.15) is 10.8 Å². The Labute approximate surface area is 179 Å². The van der Waals surface area contributed by atoms with E-state index >= 15 is 0 Å². The fourth-order valence-electron chi connectivity index (χ4n) is 2.53. The van der Waals surface area contributed by atoms with Gasteiger partial charge in [-0.15, -0.1) is 23.4 Å². The molecule has 1 aromatic heterocycles. The number of alkyl halides is 3. The Kier molecular flexibility index (Phi) is 6.55. The molecule has 0 saturated carbocycles. The third-order valence-corrected chi connectivity index (χ3v) is 6.18. The molecule has 0 aliphatic rings. The molecule has 1 heterocycles. The first-order chi connectivity index (χ1) is 14.6. The van der Waals surface area contributed by atoms with Crippen LogP contribution in [0.25, 0.3) is 0 Å². The van der Waals surface area contributed by atoms with Crippen molar-refractivity contribution in [1.29, 1.82) is 0 Å². The minimum Gasteiger partial charge on any atom is -0.493 e. The van der Waals surface area contributed by atoms with E-state index < -0.39 is 22.1 Å². The molecule has 166 valence electrons. The summed E-state index contributed by atoms with van der Waals surface area (Å²) in [5.41, 5.74) is 0.850. The summed E-state index contributed by atoms with van der Waals surface area (Å²) in [5.74, 6) is 0.589. The van der Waals surface area contributed by atoms with Crippen LogP contribution in [0.4, 0.5) is 18.3 Å². The van der Waals surface area contributed by atoms with Crippen LogP contribution in [-0.2, 0) is 16.4 Å². The van der Waals surface area contributed by atoms with Gasteiger partial charge < -0.3 is 14.2 Å². The Morgan fingerprint density at radius 3 is 2.29 bits per heavy atom. The Morgan fingerprint density at radius 2 is 1.68 bits per heavy atom. The van der Waals surface area contributed by atoms with Crippen molar-refractivity contribution < 1.29 is 35.8 Å². The zero-order valence-corrected chi connectivity index (χ0v) is 17.8. The number of halogens is 3. The molecule has 0 bridgehead atoms. The number of rotatable bonds is 8. The maximum atomic E-state index is 12.5. The van der Waals surface area contributed by atoms with Gasteiger partial charge in [0, 0.05) is 6.42 Å². The van der Waals surface area contributed by atoms with Crippen molar-refractivity contribution in [2.45, 2.75) is 17.7 Å². The van der Waals surface area contributed by atoms with E-state index in [-0.39, 0.29) is 10.0 Å². The van der Waals surface area contributed by atoms with Gasteiger partial charge in [0.05, 0.1) is 19.1 Å². The van der Waals surface area contributed by atoms with Crippen LogP contribution in [0.1, 0.15) is 10.6 Å². The summed E-state index contributed by atoms with van der Waals surface area (Å²) in [5, 5.41) is 8.34. The fraction of sp³-hybridized carbons (Fsp3) is 0.222. The summed E-state index contributed by atoms with van der Waals surface area (Å²) in [7, 11) is -1.03. The first kappa shape index (κ1) is 22.6. The number of hydrogen-bond donors (Lipinski definition) is 1. The Bertz CT molecular complexity index is 1150. The van der Waals surface area contributed by atoms with E-state index in [1.165, 1.54) is 14.2 Å². The van der Waals surface area contributed by atoms with E-state index in [2.05, 4.69) is 19.7 Å². The van der Waals surface area contributed by atoms with E-state index in [0.717, 1.165) is 41.2 Å². The highest BCUT2D eigenvalue weighted by Gasteiger charge is 2.31. The molecule has 0 unspecified atom stereocenters. The predicted octanol–water partition coefficient (Wildman–Crippen LogP) is 3.85. The maximum absolute atomic E-state index is 12.5. The zero-order chi connectivity index (χ0) is 22.6. The molecule has 0 fully saturated rings. The highest BCUT2D eigenvalue weighted by atomic mass is 32.2. The summed E-state index contributed by atoms with van der Waals surface area (Å²) in [6, 6.07) is 9.13. The number of nitrogens with one attached hydrogen (secondary N) is 1. The minimum absolute atomic E-state index is 0.0195. The largest absolute Gasteiger partial charge is 0.573 e. The van der Waals surface area contributed by atoms with E-state index in [1.54, 1.807) is 12.1 Å². The van der Waals surface area contributed by atoms with Crippen LogP contribution in [0, 0.1) is 0 Å². The second-order valence-electron chi connectivity index (χ2n) is 5.99. The molecule has 3 rings (SSSR count). The monoisotopic (exact) mass is 475 g/mol. The fourth-order valence-corrected chi connectivity index (χ4v) is 4.53. The van der Waals surface area contributed by atoms with E-state index in [1.807, 2.05) is 6.07 Å². The highest BCUT2D eigenvalue weighted by molar-refractivity contribution is 7.93. The molecule has 0 aliphatic heterocycles. The van der Waals surface area contributed by atoms with E-state index in [0.29, 0.717) is 22.9 Å². The molecule has 3 aromatic rings. The summed E-state index contributed by atoms with van der Waals surface area (Å²) >= 11 is 1.03. The predicted molar refractivity (Wildman–Crippen MR) is 106 cm³/mol. The topological polar surface area (TPSA) is 99.6 Å². The number of ether oxygens (including phenoxy) is 3. The van der Waals surface area contributed by atoms with Crippen molar-refractivity contribution in [3.8, 4) is 17.2 Å². The number of anilines is 1. The second-order valence-corrected chi connectivity index (χ2v) is 8.74. The lowest BCUT2D eigenvalue weighted by Crippen LogP contribution is -2.17. The Hall–Kier alpha value is -3.06. The standard InChI is InChI=1S/C18H16F3N3O5S2/c1-27-14-8-3-11(9-15(14)28-2)10-16-22-23-17(30-16)24-31(25,26)13-6-4-12(5-7-13)29-18(19,20)21/h3-9H,10H2,1-2H3,(H,23,24). The first-order valence-corrected chi connectivity index (χ1v) is 10.8. The molecule has 2 aromatic carbocycles. The Balaban J connectivity index is 1.70. The van der Waals surface area contributed by atoms with Gasteiger partial charge in [0.2, 0.25) is 5.13 Å². The molecule has 13 heteroatoms. The number of benzene rings is 2.